The average molecular weight is 404 g/mol. The summed E-state index contributed by atoms with van der Waals surface area (Å²) in [5.41, 5.74) is -0.297. The Morgan fingerprint density at radius 1 is 1.03 bits per heavy atom. The molecule has 0 fully saturated rings. The predicted molar refractivity (Wildman–Crippen MR) is 107 cm³/mol. The lowest BCUT2D eigenvalue weighted by molar-refractivity contribution is -0.144. The van der Waals surface area contributed by atoms with Gasteiger partial charge >= 0.3 is 5.97 Å². The molecule has 1 N–H and O–H groups in total. The highest BCUT2D eigenvalue weighted by molar-refractivity contribution is 5.87. The molecule has 0 heterocycles. The zero-order chi connectivity index (χ0) is 21.8. The van der Waals surface area contributed by atoms with Crippen molar-refractivity contribution in [3.63, 3.8) is 0 Å². The summed E-state index contributed by atoms with van der Waals surface area (Å²) < 4.78 is 21.8. The first kappa shape index (κ1) is 22.3. The van der Waals surface area contributed by atoms with Gasteiger partial charge in [0.25, 0.3) is 0 Å². The smallest absolute Gasteiger partial charge is 0.318 e. The summed E-state index contributed by atoms with van der Waals surface area (Å²) in [6.45, 7) is 3.28. The number of Topliss-reactive ketones (excluding diaryl/α,β-unsaturated/α-hetero) is 1. The number of methoxy groups -OCH3 is 4. The standard InChI is InChI=1S/C22H28O7/c1-13(23)7-8-15-12-22(21(24)25,14(2)19(28-5)20(15)29-6)16-9-10-17(26-3)18(11-16)27-4/h9-12,14H,7-8H2,1-6H3,(H,24,25)/t14?,22-/m0/s1. The lowest BCUT2D eigenvalue weighted by atomic mass is 9.65. The van der Waals surface area contributed by atoms with Crippen LogP contribution in [0.25, 0.3) is 0 Å². The molecule has 0 spiro atoms. The fourth-order valence-electron chi connectivity index (χ4n) is 3.82. The molecule has 29 heavy (non-hydrogen) atoms. The summed E-state index contributed by atoms with van der Waals surface area (Å²) in [6.07, 6.45) is 2.29. The molecule has 0 saturated carbocycles. The topological polar surface area (TPSA) is 91.3 Å². The molecule has 158 valence electrons. The first-order chi connectivity index (χ1) is 13.8. The van der Waals surface area contributed by atoms with Crippen LogP contribution >= 0.6 is 0 Å². The molecular weight excluding hydrogens is 376 g/mol. The maximum Gasteiger partial charge on any atom is 0.318 e. The zero-order valence-corrected chi connectivity index (χ0v) is 17.7. The maximum absolute atomic E-state index is 12.7. The molecule has 1 aliphatic carbocycles. The van der Waals surface area contributed by atoms with Crippen molar-refractivity contribution in [3.8, 4) is 11.5 Å². The average Bonchev–Trinajstić information content (AvgIpc) is 2.71. The first-order valence-corrected chi connectivity index (χ1v) is 9.26. The highest BCUT2D eigenvalue weighted by Gasteiger charge is 2.50. The van der Waals surface area contributed by atoms with Gasteiger partial charge in [-0.2, -0.15) is 0 Å². The monoisotopic (exact) mass is 404 g/mol. The number of carboxylic acids is 1. The summed E-state index contributed by atoms with van der Waals surface area (Å²) in [4.78, 5) is 24.2. The summed E-state index contributed by atoms with van der Waals surface area (Å²) in [7, 11) is 6.01. The number of ketones is 1. The van der Waals surface area contributed by atoms with E-state index >= 15 is 0 Å². The Morgan fingerprint density at radius 3 is 2.17 bits per heavy atom. The minimum atomic E-state index is -1.43. The Labute approximate surface area is 170 Å². The highest BCUT2D eigenvalue weighted by Crippen LogP contribution is 2.48. The molecule has 7 nitrogen and oxygen atoms in total. The van der Waals surface area contributed by atoms with E-state index in [0.29, 0.717) is 40.6 Å². The van der Waals surface area contributed by atoms with Crippen molar-refractivity contribution in [3.05, 3.63) is 46.9 Å². The van der Waals surface area contributed by atoms with Crippen molar-refractivity contribution in [2.75, 3.05) is 28.4 Å². The molecule has 0 radical (unpaired) electrons. The van der Waals surface area contributed by atoms with Gasteiger partial charge in [0.1, 0.15) is 17.0 Å². The SMILES string of the molecule is COC1=C(OC)C(C)[C@](C(=O)O)(c2ccc(OC)c(OC)c2)C=C1CCC(C)=O. The lowest BCUT2D eigenvalue weighted by Gasteiger charge is -2.39. The molecule has 2 rings (SSSR count). The number of benzene rings is 1. The van der Waals surface area contributed by atoms with E-state index in [1.165, 1.54) is 35.4 Å². The molecule has 0 aliphatic heterocycles. The fourth-order valence-corrected chi connectivity index (χ4v) is 3.82. The van der Waals surface area contributed by atoms with E-state index in [-0.39, 0.29) is 12.2 Å². The van der Waals surface area contributed by atoms with Crippen molar-refractivity contribution in [2.45, 2.75) is 32.1 Å². The van der Waals surface area contributed by atoms with Gasteiger partial charge in [-0.1, -0.05) is 19.1 Å². The van der Waals surface area contributed by atoms with Crippen molar-refractivity contribution in [2.24, 2.45) is 5.92 Å². The molecule has 2 atom stereocenters. The van der Waals surface area contributed by atoms with Gasteiger partial charge in [-0.25, -0.2) is 0 Å². The van der Waals surface area contributed by atoms with E-state index in [9.17, 15) is 14.7 Å². The van der Waals surface area contributed by atoms with Crippen LogP contribution in [-0.4, -0.2) is 45.3 Å². The number of hydrogen-bond donors (Lipinski definition) is 1. The third-order valence-corrected chi connectivity index (χ3v) is 5.38. The van der Waals surface area contributed by atoms with E-state index in [2.05, 4.69) is 0 Å². The second-order valence-corrected chi connectivity index (χ2v) is 6.94. The van der Waals surface area contributed by atoms with Crippen molar-refractivity contribution in [1.82, 2.24) is 0 Å². The fraction of sp³-hybridized carbons (Fsp3) is 0.455. The summed E-state index contributed by atoms with van der Waals surface area (Å²) in [6, 6.07) is 5.04. The normalized spacial score (nSPS) is 21.3. The van der Waals surface area contributed by atoms with Gasteiger partial charge in [-0.15, -0.1) is 0 Å². The van der Waals surface area contributed by atoms with E-state index in [4.69, 9.17) is 18.9 Å². The number of rotatable bonds is 9. The van der Waals surface area contributed by atoms with Crippen LogP contribution in [0.1, 0.15) is 32.3 Å². The summed E-state index contributed by atoms with van der Waals surface area (Å²) >= 11 is 0. The third kappa shape index (κ3) is 3.95. The quantitative estimate of drug-likeness (QED) is 0.674. The molecule has 0 saturated heterocycles. The molecule has 1 aliphatic rings. The largest absolute Gasteiger partial charge is 0.497 e. The van der Waals surface area contributed by atoms with E-state index in [1.807, 2.05) is 0 Å². The number of carbonyl (C=O) groups excluding carboxylic acids is 1. The maximum atomic E-state index is 12.7. The minimum absolute atomic E-state index is 0.00554. The van der Waals surface area contributed by atoms with E-state index in [1.54, 1.807) is 31.2 Å². The second kappa shape index (κ2) is 9.03. The number of aliphatic carboxylic acids is 1. The first-order valence-electron chi connectivity index (χ1n) is 9.26. The van der Waals surface area contributed by atoms with Crippen LogP contribution in [0.5, 0.6) is 11.5 Å². The Hall–Kier alpha value is -2.96. The molecule has 1 unspecified atom stereocenters. The van der Waals surface area contributed by atoms with Gasteiger partial charge < -0.3 is 28.8 Å². The van der Waals surface area contributed by atoms with Gasteiger partial charge in [0.05, 0.1) is 28.4 Å². The molecule has 0 amide bonds. The summed E-state index contributed by atoms with van der Waals surface area (Å²) in [5, 5.41) is 10.4. The van der Waals surface area contributed by atoms with Gasteiger partial charge in [0, 0.05) is 12.3 Å². The van der Waals surface area contributed by atoms with Gasteiger partial charge in [0.2, 0.25) is 0 Å². The molecule has 1 aromatic carbocycles. The van der Waals surface area contributed by atoms with Crippen LogP contribution in [0, 0.1) is 5.92 Å². The van der Waals surface area contributed by atoms with Gasteiger partial charge in [-0.05, 0) is 36.6 Å². The van der Waals surface area contributed by atoms with Crippen LogP contribution in [0.3, 0.4) is 0 Å². The van der Waals surface area contributed by atoms with E-state index in [0.717, 1.165) is 0 Å². The molecule has 0 bridgehead atoms. The van der Waals surface area contributed by atoms with Crippen LogP contribution < -0.4 is 9.47 Å². The number of allylic oxidation sites excluding steroid dienone is 2. The third-order valence-electron chi connectivity index (χ3n) is 5.38. The minimum Gasteiger partial charge on any atom is -0.497 e. The van der Waals surface area contributed by atoms with Crippen molar-refractivity contribution < 1.29 is 33.6 Å². The van der Waals surface area contributed by atoms with Crippen molar-refractivity contribution >= 4 is 11.8 Å². The molecular formula is C22H28O7. The van der Waals surface area contributed by atoms with Gasteiger partial charge in [-0.3, -0.25) is 4.79 Å². The molecule has 7 heteroatoms. The number of ether oxygens (including phenoxy) is 4. The van der Waals surface area contributed by atoms with E-state index < -0.39 is 17.3 Å². The highest BCUT2D eigenvalue weighted by atomic mass is 16.5. The van der Waals surface area contributed by atoms with Crippen LogP contribution in [0.4, 0.5) is 0 Å². The van der Waals surface area contributed by atoms with Crippen LogP contribution in [-0.2, 0) is 24.5 Å². The predicted octanol–water partition coefficient (Wildman–Crippen LogP) is 3.48. The number of carboxylic acid groups (broad SMARTS) is 1. The second-order valence-electron chi connectivity index (χ2n) is 6.94. The lowest BCUT2D eigenvalue weighted by Crippen LogP contribution is -2.44. The summed E-state index contributed by atoms with van der Waals surface area (Å²) in [5.74, 6) is 0.217. The molecule has 1 aromatic rings. The zero-order valence-electron chi connectivity index (χ0n) is 17.7. The number of hydrogen-bond acceptors (Lipinski definition) is 6. The van der Waals surface area contributed by atoms with Gasteiger partial charge in [0.15, 0.2) is 17.3 Å². The number of carbonyl (C=O) groups is 2. The molecule has 0 aromatic heterocycles. The van der Waals surface area contributed by atoms with Crippen LogP contribution in [0.15, 0.2) is 41.4 Å². The van der Waals surface area contributed by atoms with Crippen molar-refractivity contribution in [1.29, 1.82) is 0 Å². The Balaban J connectivity index is 2.76. The van der Waals surface area contributed by atoms with Crippen LogP contribution in [0.2, 0.25) is 0 Å². The Bertz CT molecular complexity index is 853. The Morgan fingerprint density at radius 2 is 1.69 bits per heavy atom. The Kier molecular flexibility index (Phi) is 6.95.